The molecule has 0 radical (unpaired) electrons. The molecular formula is C15H19N3O. The van der Waals surface area contributed by atoms with Gasteiger partial charge in [0, 0.05) is 23.7 Å². The number of nitrogens with zero attached hydrogens (tertiary/aromatic N) is 2. The van der Waals surface area contributed by atoms with Crippen molar-refractivity contribution in [3.05, 3.63) is 47.4 Å². The highest BCUT2D eigenvalue weighted by Crippen LogP contribution is 2.21. The molecule has 2 N–H and O–H groups in total. The third-order valence-electron chi connectivity index (χ3n) is 2.94. The number of rotatable bonds is 4. The summed E-state index contributed by atoms with van der Waals surface area (Å²) >= 11 is 0. The van der Waals surface area contributed by atoms with Crippen LogP contribution in [0, 0.1) is 0 Å². The summed E-state index contributed by atoms with van der Waals surface area (Å²) in [6, 6.07) is 9.71. The van der Waals surface area contributed by atoms with E-state index in [0.29, 0.717) is 18.2 Å². The first-order valence-corrected chi connectivity index (χ1v) is 6.35. The normalized spacial score (nSPS) is 10.7. The molecule has 2 aromatic rings. The molecule has 1 aromatic heterocycles. The van der Waals surface area contributed by atoms with Crippen molar-refractivity contribution in [1.82, 2.24) is 9.97 Å². The Morgan fingerprint density at radius 3 is 2.63 bits per heavy atom. The summed E-state index contributed by atoms with van der Waals surface area (Å²) in [6.07, 6.45) is 0.620. The number of nitrogens with two attached hydrogens (primary N) is 1. The van der Waals surface area contributed by atoms with Crippen molar-refractivity contribution in [2.75, 3.05) is 12.8 Å². The summed E-state index contributed by atoms with van der Waals surface area (Å²) in [5.74, 6) is 2.43. The van der Waals surface area contributed by atoms with Gasteiger partial charge in [0.15, 0.2) is 0 Å². The molecule has 0 amide bonds. The largest absolute Gasteiger partial charge is 0.496 e. The Balaban J connectivity index is 2.32. The van der Waals surface area contributed by atoms with Crippen molar-refractivity contribution in [3.8, 4) is 5.75 Å². The fourth-order valence-corrected chi connectivity index (χ4v) is 1.93. The molecular weight excluding hydrogens is 238 g/mol. The minimum atomic E-state index is 0.335. The first kappa shape index (κ1) is 13.3. The van der Waals surface area contributed by atoms with E-state index in [4.69, 9.17) is 10.5 Å². The number of ether oxygens (including phenoxy) is 1. The number of para-hydroxylation sites is 1. The van der Waals surface area contributed by atoms with Crippen molar-refractivity contribution < 1.29 is 4.74 Å². The molecule has 0 bridgehead atoms. The Kier molecular flexibility index (Phi) is 4.00. The summed E-state index contributed by atoms with van der Waals surface area (Å²) in [6.45, 7) is 4.18. The summed E-state index contributed by atoms with van der Waals surface area (Å²) < 4.78 is 5.34. The van der Waals surface area contributed by atoms with Crippen LogP contribution in [0.1, 0.15) is 36.8 Å². The van der Waals surface area contributed by atoms with Crippen molar-refractivity contribution >= 4 is 5.82 Å². The zero-order chi connectivity index (χ0) is 13.8. The number of nitrogen functional groups attached to an aromatic ring is 1. The predicted octanol–water partition coefficient (Wildman–Crippen LogP) is 2.78. The molecule has 0 fully saturated rings. The molecule has 4 heteroatoms. The van der Waals surface area contributed by atoms with Gasteiger partial charge in [0.2, 0.25) is 0 Å². The minimum Gasteiger partial charge on any atom is -0.496 e. The molecule has 0 unspecified atom stereocenters. The monoisotopic (exact) mass is 257 g/mol. The molecule has 0 saturated heterocycles. The van der Waals surface area contributed by atoms with Gasteiger partial charge in [-0.2, -0.15) is 0 Å². The van der Waals surface area contributed by atoms with Crippen LogP contribution in [0.15, 0.2) is 30.3 Å². The van der Waals surface area contributed by atoms with Gasteiger partial charge < -0.3 is 10.5 Å². The Morgan fingerprint density at radius 2 is 1.95 bits per heavy atom. The van der Waals surface area contributed by atoms with Crippen LogP contribution >= 0.6 is 0 Å². The van der Waals surface area contributed by atoms with E-state index in [2.05, 4.69) is 23.8 Å². The van der Waals surface area contributed by atoms with E-state index in [1.807, 2.05) is 30.3 Å². The number of hydrogen-bond acceptors (Lipinski definition) is 4. The van der Waals surface area contributed by atoms with E-state index in [0.717, 1.165) is 22.8 Å². The lowest BCUT2D eigenvalue weighted by molar-refractivity contribution is 0.410. The summed E-state index contributed by atoms with van der Waals surface area (Å²) in [4.78, 5) is 8.86. The van der Waals surface area contributed by atoms with Crippen molar-refractivity contribution in [3.63, 3.8) is 0 Å². The zero-order valence-corrected chi connectivity index (χ0v) is 11.6. The van der Waals surface area contributed by atoms with Gasteiger partial charge in [-0.15, -0.1) is 0 Å². The second-order valence-electron chi connectivity index (χ2n) is 4.78. The lowest BCUT2D eigenvalue weighted by atomic mass is 10.1. The summed E-state index contributed by atoms with van der Waals surface area (Å²) in [7, 11) is 1.67. The van der Waals surface area contributed by atoms with Gasteiger partial charge in [-0.25, -0.2) is 9.97 Å². The Morgan fingerprint density at radius 1 is 1.21 bits per heavy atom. The molecule has 19 heavy (non-hydrogen) atoms. The quantitative estimate of drug-likeness (QED) is 0.915. The first-order valence-electron chi connectivity index (χ1n) is 6.35. The number of hydrogen-bond donors (Lipinski definition) is 1. The SMILES string of the molecule is COc1ccccc1Cc1nc(N)cc(C(C)C)n1. The minimum absolute atomic E-state index is 0.335. The molecule has 4 nitrogen and oxygen atoms in total. The van der Waals surface area contributed by atoms with Crippen LogP contribution < -0.4 is 10.5 Å². The molecule has 0 aliphatic carbocycles. The van der Waals surface area contributed by atoms with Crippen LogP contribution in [0.2, 0.25) is 0 Å². The molecule has 1 heterocycles. The lowest BCUT2D eigenvalue weighted by Gasteiger charge is -2.10. The average Bonchev–Trinajstić information content (AvgIpc) is 2.38. The van der Waals surface area contributed by atoms with Crippen LogP contribution in [0.3, 0.4) is 0 Å². The standard InChI is InChI=1S/C15H19N3O/c1-10(2)12-9-14(16)18-15(17-12)8-11-6-4-5-7-13(11)19-3/h4-7,9-10H,8H2,1-3H3,(H2,16,17,18). The van der Waals surface area contributed by atoms with Crippen molar-refractivity contribution in [2.45, 2.75) is 26.2 Å². The molecule has 0 atom stereocenters. The van der Waals surface area contributed by atoms with Crippen molar-refractivity contribution in [1.29, 1.82) is 0 Å². The van der Waals surface area contributed by atoms with Crippen LogP contribution in [-0.4, -0.2) is 17.1 Å². The van der Waals surface area contributed by atoms with Gasteiger partial charge >= 0.3 is 0 Å². The van der Waals surface area contributed by atoms with E-state index in [1.54, 1.807) is 7.11 Å². The molecule has 0 saturated carbocycles. The Hall–Kier alpha value is -2.10. The number of aromatic nitrogens is 2. The van der Waals surface area contributed by atoms with Crippen LogP contribution in [0.25, 0.3) is 0 Å². The van der Waals surface area contributed by atoms with Crippen LogP contribution in [-0.2, 0) is 6.42 Å². The molecule has 100 valence electrons. The Bertz CT molecular complexity index is 567. The zero-order valence-electron chi connectivity index (χ0n) is 11.6. The van der Waals surface area contributed by atoms with Gasteiger partial charge in [-0.05, 0) is 12.0 Å². The summed E-state index contributed by atoms with van der Waals surface area (Å²) in [5, 5.41) is 0. The fourth-order valence-electron chi connectivity index (χ4n) is 1.93. The fraction of sp³-hybridized carbons (Fsp3) is 0.333. The molecule has 2 rings (SSSR count). The van der Waals surface area contributed by atoms with Crippen molar-refractivity contribution in [2.24, 2.45) is 0 Å². The predicted molar refractivity (Wildman–Crippen MR) is 76.3 cm³/mol. The smallest absolute Gasteiger partial charge is 0.135 e. The Labute approximate surface area is 113 Å². The topological polar surface area (TPSA) is 61.0 Å². The number of anilines is 1. The van der Waals surface area contributed by atoms with E-state index >= 15 is 0 Å². The highest BCUT2D eigenvalue weighted by atomic mass is 16.5. The molecule has 0 spiro atoms. The van der Waals surface area contributed by atoms with Gasteiger partial charge in [0.1, 0.15) is 17.4 Å². The maximum absolute atomic E-state index is 5.84. The van der Waals surface area contributed by atoms with Gasteiger partial charge in [0.25, 0.3) is 0 Å². The van der Waals surface area contributed by atoms with E-state index in [9.17, 15) is 0 Å². The van der Waals surface area contributed by atoms with E-state index < -0.39 is 0 Å². The third-order valence-corrected chi connectivity index (χ3v) is 2.94. The van der Waals surface area contributed by atoms with Gasteiger partial charge in [0.05, 0.1) is 7.11 Å². The highest BCUT2D eigenvalue weighted by molar-refractivity contribution is 5.37. The molecule has 0 aliphatic rings. The number of methoxy groups -OCH3 is 1. The summed E-state index contributed by atoms with van der Waals surface area (Å²) in [5.41, 5.74) is 7.87. The van der Waals surface area contributed by atoms with E-state index in [1.165, 1.54) is 0 Å². The lowest BCUT2D eigenvalue weighted by Crippen LogP contribution is -2.05. The first-order chi connectivity index (χ1) is 9.10. The molecule has 0 aliphatic heterocycles. The van der Waals surface area contributed by atoms with Gasteiger partial charge in [-0.3, -0.25) is 0 Å². The second-order valence-corrected chi connectivity index (χ2v) is 4.78. The third kappa shape index (κ3) is 3.22. The average molecular weight is 257 g/mol. The van der Waals surface area contributed by atoms with Crippen LogP contribution in [0.4, 0.5) is 5.82 Å². The highest BCUT2D eigenvalue weighted by Gasteiger charge is 2.09. The van der Waals surface area contributed by atoms with E-state index in [-0.39, 0.29) is 0 Å². The maximum atomic E-state index is 5.84. The second kappa shape index (κ2) is 5.69. The molecule has 1 aromatic carbocycles. The van der Waals surface area contributed by atoms with Gasteiger partial charge in [-0.1, -0.05) is 32.0 Å². The maximum Gasteiger partial charge on any atom is 0.135 e. The number of benzene rings is 1. The van der Waals surface area contributed by atoms with Crippen LogP contribution in [0.5, 0.6) is 5.75 Å².